The zero-order valence-corrected chi connectivity index (χ0v) is 11.3. The van der Waals surface area contributed by atoms with E-state index in [1.165, 1.54) is 6.07 Å². The van der Waals surface area contributed by atoms with E-state index in [1.54, 1.807) is 19.1 Å². The summed E-state index contributed by atoms with van der Waals surface area (Å²) in [5.74, 6) is 0. The Morgan fingerprint density at radius 2 is 2.11 bits per heavy atom. The van der Waals surface area contributed by atoms with Crippen LogP contribution in [0.2, 0.25) is 0 Å². The molecule has 2 rings (SSSR count). The molecule has 106 valence electrons. The fraction of sp³-hybridized carbons (Fsp3) is 0.500. The van der Waals surface area contributed by atoms with Crippen LogP contribution in [0, 0.1) is 6.92 Å². The van der Waals surface area contributed by atoms with E-state index in [0.29, 0.717) is 6.61 Å². The van der Waals surface area contributed by atoms with Gasteiger partial charge in [0.15, 0.2) is 0 Å². The average molecular weight is 288 g/mol. The normalized spacial score (nSPS) is 24.4. The van der Waals surface area contributed by atoms with Crippen LogP contribution >= 0.6 is 0 Å². The minimum atomic E-state index is -4.39. The van der Waals surface area contributed by atoms with Gasteiger partial charge in [0, 0.05) is 5.56 Å². The monoisotopic (exact) mass is 288 g/mol. The lowest BCUT2D eigenvalue weighted by Gasteiger charge is -2.36. The molecule has 1 heterocycles. The van der Waals surface area contributed by atoms with Gasteiger partial charge >= 0.3 is 0 Å². The van der Waals surface area contributed by atoms with Crippen LogP contribution in [0.5, 0.6) is 0 Å². The molecule has 0 bridgehead atoms. The molecule has 1 unspecified atom stereocenters. The van der Waals surface area contributed by atoms with E-state index in [0.717, 1.165) is 5.56 Å². The summed E-state index contributed by atoms with van der Waals surface area (Å²) in [6.45, 7) is 2.02. The van der Waals surface area contributed by atoms with Crippen LogP contribution in [-0.2, 0) is 25.2 Å². The number of rotatable bonds is 3. The number of aliphatic hydroxyl groups is 1. The highest BCUT2D eigenvalue weighted by atomic mass is 32.2. The molecule has 1 aromatic carbocycles. The van der Waals surface area contributed by atoms with Gasteiger partial charge < -0.3 is 14.6 Å². The molecule has 0 aliphatic carbocycles. The number of benzene rings is 1. The summed E-state index contributed by atoms with van der Waals surface area (Å²) in [7, 11) is -4.39. The molecular weight excluding hydrogens is 272 g/mol. The Hall–Kier alpha value is -0.990. The third kappa shape index (κ3) is 2.80. The van der Waals surface area contributed by atoms with Crippen LogP contribution in [0.1, 0.15) is 11.1 Å². The van der Waals surface area contributed by atoms with Crippen LogP contribution in [0.15, 0.2) is 23.1 Å². The summed E-state index contributed by atoms with van der Waals surface area (Å²) in [5, 5.41) is 9.59. The second kappa shape index (κ2) is 5.18. The minimum Gasteiger partial charge on any atom is -0.393 e. The maximum absolute atomic E-state index is 11.4. The van der Waals surface area contributed by atoms with E-state index in [1.807, 2.05) is 0 Å². The predicted octanol–water partition coefficient (Wildman–Crippen LogP) is 0.476. The van der Waals surface area contributed by atoms with Gasteiger partial charge in [-0.1, -0.05) is 17.7 Å². The summed E-state index contributed by atoms with van der Waals surface area (Å²) >= 11 is 0. The second-order valence-corrected chi connectivity index (χ2v) is 5.92. The molecule has 19 heavy (non-hydrogen) atoms. The maximum Gasteiger partial charge on any atom is 0.294 e. The lowest BCUT2D eigenvalue weighted by atomic mass is 9.93. The quantitative estimate of drug-likeness (QED) is 0.786. The van der Waals surface area contributed by atoms with E-state index in [9.17, 15) is 18.1 Å². The van der Waals surface area contributed by atoms with Crippen molar-refractivity contribution in [3.63, 3.8) is 0 Å². The summed E-state index contributed by atoms with van der Waals surface area (Å²) in [5.41, 5.74) is -0.239. The van der Waals surface area contributed by atoms with Gasteiger partial charge in [-0.25, -0.2) is 0 Å². The third-order valence-corrected chi connectivity index (χ3v) is 4.01. The van der Waals surface area contributed by atoms with Gasteiger partial charge in [-0.05, 0) is 13.0 Å². The summed E-state index contributed by atoms with van der Waals surface area (Å²) in [6.07, 6.45) is 0. The molecule has 2 N–H and O–H groups in total. The smallest absolute Gasteiger partial charge is 0.294 e. The van der Waals surface area contributed by atoms with Crippen molar-refractivity contribution in [3.05, 3.63) is 29.3 Å². The molecule has 6 nitrogen and oxygen atoms in total. The van der Waals surface area contributed by atoms with Crippen molar-refractivity contribution in [1.29, 1.82) is 0 Å². The molecule has 1 atom stereocenters. The van der Waals surface area contributed by atoms with Gasteiger partial charge in [-0.15, -0.1) is 0 Å². The standard InChI is InChI=1S/C12H16O6S/c1-9-2-3-11(19(14,15)16)10(6-9)12(7-13)8-17-4-5-18-12/h2-3,6,13H,4-5,7-8H2,1H3,(H,14,15,16). The molecular formula is C12H16O6S. The lowest BCUT2D eigenvalue weighted by molar-refractivity contribution is -0.182. The first kappa shape index (κ1) is 14.4. The van der Waals surface area contributed by atoms with Crippen LogP contribution < -0.4 is 0 Å². The van der Waals surface area contributed by atoms with E-state index in [4.69, 9.17) is 9.47 Å². The summed E-state index contributed by atoms with van der Waals surface area (Å²) in [4.78, 5) is -0.266. The van der Waals surface area contributed by atoms with Crippen molar-refractivity contribution < 1.29 is 27.6 Å². The predicted molar refractivity (Wildman–Crippen MR) is 66.5 cm³/mol. The first-order chi connectivity index (χ1) is 8.89. The lowest BCUT2D eigenvalue weighted by Crippen LogP contribution is -2.44. The average Bonchev–Trinajstić information content (AvgIpc) is 2.38. The molecule has 0 radical (unpaired) electrons. The van der Waals surface area contributed by atoms with Crippen molar-refractivity contribution in [2.45, 2.75) is 17.4 Å². The Bertz CT molecular complexity index is 560. The van der Waals surface area contributed by atoms with Gasteiger partial charge in [0.1, 0.15) is 10.5 Å². The molecule has 0 amide bonds. The van der Waals surface area contributed by atoms with Crippen molar-refractivity contribution in [2.24, 2.45) is 0 Å². The van der Waals surface area contributed by atoms with Gasteiger partial charge in [0.25, 0.3) is 10.1 Å². The van der Waals surface area contributed by atoms with Crippen molar-refractivity contribution in [2.75, 3.05) is 26.4 Å². The second-order valence-electron chi connectivity index (χ2n) is 4.53. The van der Waals surface area contributed by atoms with Crippen molar-refractivity contribution in [1.82, 2.24) is 0 Å². The zero-order chi connectivity index (χ0) is 14.1. The van der Waals surface area contributed by atoms with Crippen LogP contribution in [-0.4, -0.2) is 44.5 Å². The fourth-order valence-corrected chi connectivity index (χ4v) is 2.89. The number of aliphatic hydroxyl groups excluding tert-OH is 1. The third-order valence-electron chi connectivity index (χ3n) is 3.10. The van der Waals surface area contributed by atoms with Crippen molar-refractivity contribution >= 4 is 10.1 Å². The van der Waals surface area contributed by atoms with E-state index in [-0.39, 0.29) is 23.7 Å². The Morgan fingerprint density at radius 1 is 1.37 bits per heavy atom. The molecule has 1 aromatic rings. The highest BCUT2D eigenvalue weighted by Gasteiger charge is 2.39. The molecule has 0 saturated carbocycles. The maximum atomic E-state index is 11.4. The number of aryl methyl sites for hydroxylation is 1. The number of ether oxygens (including phenoxy) is 2. The van der Waals surface area contributed by atoms with Crippen LogP contribution in [0.3, 0.4) is 0 Å². The van der Waals surface area contributed by atoms with E-state index < -0.39 is 22.3 Å². The van der Waals surface area contributed by atoms with Gasteiger partial charge in [-0.2, -0.15) is 8.42 Å². The van der Waals surface area contributed by atoms with Crippen LogP contribution in [0.25, 0.3) is 0 Å². The van der Waals surface area contributed by atoms with Crippen LogP contribution in [0.4, 0.5) is 0 Å². The molecule has 1 fully saturated rings. The molecule has 1 aliphatic rings. The van der Waals surface area contributed by atoms with E-state index in [2.05, 4.69) is 0 Å². The molecule has 0 spiro atoms. The molecule has 7 heteroatoms. The Morgan fingerprint density at radius 3 is 2.63 bits per heavy atom. The fourth-order valence-electron chi connectivity index (χ4n) is 2.13. The highest BCUT2D eigenvalue weighted by molar-refractivity contribution is 7.85. The summed E-state index contributed by atoms with van der Waals surface area (Å²) in [6, 6.07) is 4.45. The number of hydrogen-bond donors (Lipinski definition) is 2. The first-order valence-corrected chi connectivity index (χ1v) is 7.24. The van der Waals surface area contributed by atoms with Gasteiger partial charge in [0.05, 0.1) is 26.4 Å². The Balaban J connectivity index is 2.62. The summed E-state index contributed by atoms with van der Waals surface area (Å²) < 4.78 is 43.0. The Kier molecular flexibility index (Phi) is 3.93. The minimum absolute atomic E-state index is 0.0372. The van der Waals surface area contributed by atoms with Crippen molar-refractivity contribution in [3.8, 4) is 0 Å². The molecule has 1 aliphatic heterocycles. The molecule has 0 aromatic heterocycles. The number of hydrogen-bond acceptors (Lipinski definition) is 5. The topological polar surface area (TPSA) is 93.1 Å². The highest BCUT2D eigenvalue weighted by Crippen LogP contribution is 2.33. The van der Waals surface area contributed by atoms with E-state index >= 15 is 0 Å². The largest absolute Gasteiger partial charge is 0.393 e. The zero-order valence-electron chi connectivity index (χ0n) is 10.5. The first-order valence-electron chi connectivity index (χ1n) is 5.80. The van der Waals surface area contributed by atoms with Gasteiger partial charge in [-0.3, -0.25) is 4.55 Å². The molecule has 1 saturated heterocycles. The Labute approximate surface area is 111 Å². The SMILES string of the molecule is Cc1ccc(S(=O)(=O)O)c(C2(CO)COCCO2)c1. The van der Waals surface area contributed by atoms with Gasteiger partial charge in [0.2, 0.25) is 0 Å².